The first-order valence-corrected chi connectivity index (χ1v) is 5.77. The lowest BCUT2D eigenvalue weighted by Crippen LogP contribution is -2.56. The van der Waals surface area contributed by atoms with Gasteiger partial charge in [-0.25, -0.2) is 4.68 Å². The Hall–Kier alpha value is -1.54. The molecule has 0 saturated carbocycles. The number of aromatic nitrogens is 4. The second-order valence-corrected chi connectivity index (χ2v) is 4.96. The number of rotatable bonds is 3. The maximum atomic E-state index is 12.1. The minimum atomic E-state index is -0.456. The summed E-state index contributed by atoms with van der Waals surface area (Å²) in [6.07, 6.45) is 1.05. The number of carbonyl (C=O) groups is 1. The summed E-state index contributed by atoms with van der Waals surface area (Å²) in [6, 6.07) is 0. The van der Waals surface area contributed by atoms with Crippen molar-refractivity contribution in [2.75, 3.05) is 19.7 Å². The molecule has 1 N–H and O–H groups in total. The lowest BCUT2D eigenvalue weighted by atomic mass is 10.1. The Morgan fingerprint density at radius 2 is 2.39 bits per heavy atom. The van der Waals surface area contributed by atoms with Gasteiger partial charge in [-0.3, -0.25) is 4.79 Å². The van der Waals surface area contributed by atoms with Crippen LogP contribution in [0.2, 0.25) is 0 Å². The standard InChI is InChI=1S/C10H17N5O3/c1-10(2)6-14(3-8(5-16)18-10)9(17)4-15-7-11-12-13-15/h7-8,16H,3-6H2,1-2H3. The molecule has 0 radical (unpaired) electrons. The average molecular weight is 255 g/mol. The van der Waals surface area contributed by atoms with Crippen LogP contribution in [0.1, 0.15) is 13.8 Å². The molecular weight excluding hydrogens is 238 g/mol. The van der Waals surface area contributed by atoms with Crippen LogP contribution in [0.5, 0.6) is 0 Å². The number of tetrazole rings is 1. The van der Waals surface area contributed by atoms with Crippen molar-refractivity contribution in [1.29, 1.82) is 0 Å². The third-order valence-electron chi connectivity index (χ3n) is 2.73. The highest BCUT2D eigenvalue weighted by Gasteiger charge is 2.35. The first-order chi connectivity index (χ1) is 8.50. The number of ether oxygens (including phenoxy) is 1. The van der Waals surface area contributed by atoms with Gasteiger partial charge in [-0.1, -0.05) is 0 Å². The van der Waals surface area contributed by atoms with Crippen molar-refractivity contribution in [1.82, 2.24) is 25.1 Å². The largest absolute Gasteiger partial charge is 0.394 e. The summed E-state index contributed by atoms with van der Waals surface area (Å²) in [5.74, 6) is -0.0860. The van der Waals surface area contributed by atoms with E-state index in [1.54, 1.807) is 4.90 Å². The molecule has 100 valence electrons. The predicted molar refractivity (Wildman–Crippen MR) is 60.4 cm³/mol. The molecule has 0 aliphatic carbocycles. The Balaban J connectivity index is 2.00. The second-order valence-electron chi connectivity index (χ2n) is 4.96. The number of amides is 1. The van der Waals surface area contributed by atoms with E-state index < -0.39 is 5.60 Å². The van der Waals surface area contributed by atoms with E-state index in [-0.39, 0.29) is 25.2 Å². The second kappa shape index (κ2) is 4.99. The van der Waals surface area contributed by atoms with Gasteiger partial charge in [-0.05, 0) is 24.3 Å². The van der Waals surface area contributed by atoms with E-state index in [4.69, 9.17) is 4.74 Å². The zero-order valence-electron chi connectivity index (χ0n) is 10.5. The molecule has 1 aromatic rings. The smallest absolute Gasteiger partial charge is 0.244 e. The van der Waals surface area contributed by atoms with Gasteiger partial charge in [0.2, 0.25) is 5.91 Å². The summed E-state index contributed by atoms with van der Waals surface area (Å²) in [7, 11) is 0. The van der Waals surface area contributed by atoms with Crippen LogP contribution in [0.15, 0.2) is 6.33 Å². The fourth-order valence-corrected chi connectivity index (χ4v) is 2.07. The van der Waals surface area contributed by atoms with Crippen LogP contribution in [-0.2, 0) is 16.1 Å². The zero-order chi connectivity index (χ0) is 13.2. The first kappa shape index (κ1) is 12.9. The van der Waals surface area contributed by atoms with Crippen LogP contribution in [0.4, 0.5) is 0 Å². The minimum absolute atomic E-state index is 0.0860. The molecule has 8 heteroatoms. The first-order valence-electron chi connectivity index (χ1n) is 5.77. The maximum absolute atomic E-state index is 12.1. The monoisotopic (exact) mass is 255 g/mol. The van der Waals surface area contributed by atoms with Gasteiger partial charge in [0.1, 0.15) is 12.9 Å². The van der Waals surface area contributed by atoms with E-state index in [1.165, 1.54) is 11.0 Å². The average Bonchev–Trinajstić information content (AvgIpc) is 2.79. The van der Waals surface area contributed by atoms with Gasteiger partial charge >= 0.3 is 0 Å². The molecular formula is C10H17N5O3. The molecule has 1 amide bonds. The van der Waals surface area contributed by atoms with Gasteiger partial charge in [0.25, 0.3) is 0 Å². The summed E-state index contributed by atoms with van der Waals surface area (Å²) < 4.78 is 7.02. The fourth-order valence-electron chi connectivity index (χ4n) is 2.07. The normalized spacial score (nSPS) is 23.1. The lowest BCUT2D eigenvalue weighted by Gasteiger charge is -2.42. The highest BCUT2D eigenvalue weighted by atomic mass is 16.5. The van der Waals surface area contributed by atoms with Crippen molar-refractivity contribution in [3.63, 3.8) is 0 Å². The van der Waals surface area contributed by atoms with Crippen molar-refractivity contribution in [2.45, 2.75) is 32.1 Å². The molecule has 1 saturated heterocycles. The molecule has 18 heavy (non-hydrogen) atoms. The van der Waals surface area contributed by atoms with Crippen LogP contribution in [0.25, 0.3) is 0 Å². The highest BCUT2D eigenvalue weighted by molar-refractivity contribution is 5.76. The molecule has 0 aromatic carbocycles. The number of carbonyl (C=O) groups excluding carboxylic acids is 1. The van der Waals surface area contributed by atoms with Crippen molar-refractivity contribution in [3.05, 3.63) is 6.33 Å². The number of nitrogens with zero attached hydrogens (tertiary/aromatic N) is 5. The van der Waals surface area contributed by atoms with Crippen LogP contribution >= 0.6 is 0 Å². The quantitative estimate of drug-likeness (QED) is 0.719. The Kier molecular flexibility index (Phi) is 3.58. The topological polar surface area (TPSA) is 93.4 Å². The van der Waals surface area contributed by atoms with E-state index in [9.17, 15) is 9.90 Å². The van der Waals surface area contributed by atoms with Crippen molar-refractivity contribution >= 4 is 5.91 Å². The van der Waals surface area contributed by atoms with Gasteiger partial charge in [0, 0.05) is 13.1 Å². The van der Waals surface area contributed by atoms with E-state index in [2.05, 4.69) is 15.5 Å². The molecule has 1 unspecified atom stereocenters. The maximum Gasteiger partial charge on any atom is 0.244 e. The van der Waals surface area contributed by atoms with Crippen LogP contribution in [0.3, 0.4) is 0 Å². The molecule has 1 fully saturated rings. The SMILES string of the molecule is CC1(C)CN(C(=O)Cn2cnnn2)CC(CO)O1. The Labute approximate surface area is 105 Å². The van der Waals surface area contributed by atoms with Gasteiger partial charge in [-0.2, -0.15) is 0 Å². The molecule has 0 spiro atoms. The molecule has 2 heterocycles. The van der Waals surface area contributed by atoms with Gasteiger partial charge in [0.15, 0.2) is 0 Å². The van der Waals surface area contributed by atoms with Gasteiger partial charge in [0.05, 0.1) is 18.3 Å². The summed E-state index contributed by atoms with van der Waals surface area (Å²) >= 11 is 0. The predicted octanol–water partition coefficient (Wildman–Crippen LogP) is -1.33. The van der Waals surface area contributed by atoms with Gasteiger partial charge in [-0.15, -0.1) is 5.10 Å². The fraction of sp³-hybridized carbons (Fsp3) is 0.800. The van der Waals surface area contributed by atoms with Crippen LogP contribution in [-0.4, -0.2) is 67.5 Å². The Bertz CT molecular complexity index is 406. The zero-order valence-corrected chi connectivity index (χ0v) is 10.5. The van der Waals surface area contributed by atoms with E-state index in [0.717, 1.165) is 0 Å². The summed E-state index contributed by atoms with van der Waals surface area (Å²) in [4.78, 5) is 13.8. The van der Waals surface area contributed by atoms with E-state index >= 15 is 0 Å². The Morgan fingerprint density at radius 1 is 1.61 bits per heavy atom. The number of morpholine rings is 1. The molecule has 1 atom stereocenters. The summed E-state index contributed by atoms with van der Waals surface area (Å²) in [5.41, 5.74) is -0.456. The third kappa shape index (κ3) is 3.02. The molecule has 2 rings (SSSR count). The molecule has 1 aliphatic heterocycles. The third-order valence-corrected chi connectivity index (χ3v) is 2.73. The molecule has 1 aliphatic rings. The Morgan fingerprint density at radius 3 is 3.00 bits per heavy atom. The van der Waals surface area contributed by atoms with Gasteiger partial charge < -0.3 is 14.7 Å². The highest BCUT2D eigenvalue weighted by Crippen LogP contribution is 2.20. The lowest BCUT2D eigenvalue weighted by molar-refractivity contribution is -0.167. The molecule has 8 nitrogen and oxygen atoms in total. The minimum Gasteiger partial charge on any atom is -0.394 e. The number of aliphatic hydroxyl groups is 1. The summed E-state index contributed by atoms with van der Waals surface area (Å²) in [5, 5.41) is 19.8. The number of hydrogen-bond donors (Lipinski definition) is 1. The number of aliphatic hydroxyl groups excluding tert-OH is 1. The summed E-state index contributed by atoms with van der Waals surface area (Å²) in [6.45, 7) is 4.67. The molecule has 1 aromatic heterocycles. The van der Waals surface area contributed by atoms with Crippen molar-refractivity contribution in [2.24, 2.45) is 0 Å². The van der Waals surface area contributed by atoms with E-state index in [0.29, 0.717) is 13.1 Å². The van der Waals surface area contributed by atoms with Crippen LogP contribution in [0, 0.1) is 0 Å². The van der Waals surface area contributed by atoms with Crippen LogP contribution < -0.4 is 0 Å². The van der Waals surface area contributed by atoms with Crippen molar-refractivity contribution < 1.29 is 14.6 Å². The van der Waals surface area contributed by atoms with E-state index in [1.807, 2.05) is 13.8 Å². The number of hydrogen-bond acceptors (Lipinski definition) is 6. The molecule has 0 bridgehead atoms. The van der Waals surface area contributed by atoms with Crippen molar-refractivity contribution in [3.8, 4) is 0 Å².